The Labute approximate surface area is 107 Å². The van der Waals surface area contributed by atoms with E-state index in [9.17, 15) is 18.0 Å². The summed E-state index contributed by atoms with van der Waals surface area (Å²) in [5, 5.41) is 2.66. The summed E-state index contributed by atoms with van der Waals surface area (Å²) in [6.45, 7) is 0. The van der Waals surface area contributed by atoms with Gasteiger partial charge in [0.1, 0.15) is 5.82 Å². The Hall–Kier alpha value is -2.37. The lowest BCUT2D eigenvalue weighted by molar-refractivity contribution is -0.137. The van der Waals surface area contributed by atoms with Crippen molar-refractivity contribution in [3.63, 3.8) is 0 Å². The summed E-state index contributed by atoms with van der Waals surface area (Å²) in [4.78, 5) is 14.5. The molecule has 1 heterocycles. The molecule has 0 bridgehead atoms. The van der Waals surface area contributed by atoms with Crippen molar-refractivity contribution in [3.05, 3.63) is 53.7 Å². The third-order valence-corrected chi connectivity index (χ3v) is 2.37. The first kappa shape index (κ1) is 13.1. The first-order chi connectivity index (χ1) is 9.00. The number of pyridine rings is 1. The highest BCUT2D eigenvalue weighted by Gasteiger charge is 2.30. The topological polar surface area (TPSA) is 42.0 Å². The molecule has 1 aromatic carbocycles. The van der Waals surface area contributed by atoms with Crippen molar-refractivity contribution in [1.29, 1.82) is 0 Å². The predicted octanol–water partition coefficient (Wildman–Crippen LogP) is 3.30. The molecule has 0 saturated heterocycles. The molecule has 0 saturated carbocycles. The van der Waals surface area contributed by atoms with E-state index in [1.165, 1.54) is 30.5 Å². The number of rotatable bonds is 3. The van der Waals surface area contributed by atoms with Crippen LogP contribution in [-0.4, -0.2) is 11.3 Å². The zero-order valence-corrected chi connectivity index (χ0v) is 9.53. The summed E-state index contributed by atoms with van der Waals surface area (Å²) in [7, 11) is 0. The van der Waals surface area contributed by atoms with Crippen molar-refractivity contribution in [2.24, 2.45) is 0 Å². The summed E-state index contributed by atoms with van der Waals surface area (Å²) < 4.78 is 37.6. The average Bonchev–Trinajstić information content (AvgIpc) is 2.39. The third kappa shape index (κ3) is 3.09. The molecular weight excluding hydrogens is 257 g/mol. The number of aromatic nitrogens is 1. The first-order valence-electron chi connectivity index (χ1n) is 5.28. The number of alkyl halides is 3. The Morgan fingerprint density at radius 3 is 2.63 bits per heavy atom. The molecule has 0 fully saturated rings. The fourth-order valence-electron chi connectivity index (χ4n) is 1.50. The number of nitrogens with zero attached hydrogens (tertiary/aromatic N) is 1. The molecule has 0 aliphatic carbocycles. The van der Waals surface area contributed by atoms with E-state index in [1.807, 2.05) is 0 Å². The van der Waals surface area contributed by atoms with Crippen LogP contribution in [0.25, 0.3) is 0 Å². The maximum atomic E-state index is 12.5. The Morgan fingerprint density at radius 2 is 1.95 bits per heavy atom. The molecule has 2 rings (SSSR count). The van der Waals surface area contributed by atoms with Gasteiger partial charge in [0.15, 0.2) is 0 Å². The summed E-state index contributed by atoms with van der Waals surface area (Å²) in [6.07, 6.45) is -1.32. The minimum Gasteiger partial charge on any atom is -0.340 e. The summed E-state index contributed by atoms with van der Waals surface area (Å²) in [6, 6.07) is 7.66. The molecule has 97 valence electrons. The normalized spacial score (nSPS) is 11.1. The van der Waals surface area contributed by atoms with E-state index in [4.69, 9.17) is 0 Å². The second-order valence-corrected chi connectivity index (χ2v) is 3.71. The quantitative estimate of drug-likeness (QED) is 0.925. The van der Waals surface area contributed by atoms with E-state index in [2.05, 4.69) is 10.3 Å². The molecule has 0 spiro atoms. The van der Waals surface area contributed by atoms with Gasteiger partial charge in [-0.1, -0.05) is 6.07 Å². The lowest BCUT2D eigenvalue weighted by Crippen LogP contribution is -2.05. The Bertz CT molecular complexity index is 596. The summed E-state index contributed by atoms with van der Waals surface area (Å²) >= 11 is 0. The van der Waals surface area contributed by atoms with Crippen LogP contribution in [0.5, 0.6) is 0 Å². The zero-order chi connectivity index (χ0) is 13.9. The molecule has 1 radical (unpaired) electrons. The van der Waals surface area contributed by atoms with Crippen LogP contribution in [0.4, 0.5) is 24.7 Å². The van der Waals surface area contributed by atoms with Crippen LogP contribution in [0.1, 0.15) is 11.1 Å². The molecule has 0 amide bonds. The fraction of sp³-hybridized carbons (Fsp3) is 0.0769. The van der Waals surface area contributed by atoms with Gasteiger partial charge in [0.05, 0.1) is 11.1 Å². The largest absolute Gasteiger partial charge is 0.416 e. The number of hydrogen-bond acceptors (Lipinski definition) is 3. The molecule has 3 nitrogen and oxygen atoms in total. The van der Waals surface area contributed by atoms with Gasteiger partial charge in [-0.15, -0.1) is 0 Å². The van der Waals surface area contributed by atoms with Gasteiger partial charge < -0.3 is 5.32 Å². The molecule has 0 aliphatic heterocycles. The molecule has 1 aromatic heterocycles. The smallest absolute Gasteiger partial charge is 0.340 e. The van der Waals surface area contributed by atoms with Crippen molar-refractivity contribution in [3.8, 4) is 0 Å². The van der Waals surface area contributed by atoms with Crippen molar-refractivity contribution >= 4 is 17.8 Å². The van der Waals surface area contributed by atoms with Crippen molar-refractivity contribution < 1.29 is 18.0 Å². The van der Waals surface area contributed by atoms with E-state index in [1.54, 1.807) is 6.29 Å². The molecule has 0 atom stereocenters. The predicted molar refractivity (Wildman–Crippen MR) is 63.8 cm³/mol. The van der Waals surface area contributed by atoms with Crippen molar-refractivity contribution in [2.75, 3.05) is 5.32 Å². The lowest BCUT2D eigenvalue weighted by atomic mass is 10.2. The van der Waals surface area contributed by atoms with Gasteiger partial charge >= 0.3 is 6.18 Å². The molecule has 19 heavy (non-hydrogen) atoms. The van der Waals surface area contributed by atoms with E-state index in [0.717, 1.165) is 12.1 Å². The van der Waals surface area contributed by atoms with Crippen LogP contribution < -0.4 is 5.32 Å². The maximum absolute atomic E-state index is 12.5. The minimum atomic E-state index is -4.42. The monoisotopic (exact) mass is 265 g/mol. The van der Waals surface area contributed by atoms with Crippen molar-refractivity contribution in [2.45, 2.75) is 6.18 Å². The lowest BCUT2D eigenvalue weighted by Gasteiger charge is -2.10. The summed E-state index contributed by atoms with van der Waals surface area (Å²) in [5.41, 5.74) is -0.421. The van der Waals surface area contributed by atoms with E-state index in [0.29, 0.717) is 0 Å². The van der Waals surface area contributed by atoms with E-state index in [-0.39, 0.29) is 17.1 Å². The first-order valence-corrected chi connectivity index (χ1v) is 5.28. The average molecular weight is 265 g/mol. The molecular formula is C13H8F3N2O. The summed E-state index contributed by atoms with van der Waals surface area (Å²) in [5.74, 6) is 0.164. The minimum absolute atomic E-state index is 0.153. The number of hydrogen-bond donors (Lipinski definition) is 1. The fourth-order valence-corrected chi connectivity index (χ4v) is 1.50. The number of nitrogens with one attached hydrogen (secondary N) is 1. The van der Waals surface area contributed by atoms with Gasteiger partial charge in [0.25, 0.3) is 0 Å². The van der Waals surface area contributed by atoms with Crippen LogP contribution in [0.3, 0.4) is 0 Å². The second-order valence-electron chi connectivity index (χ2n) is 3.71. The number of anilines is 2. The molecule has 0 aliphatic rings. The molecule has 6 heteroatoms. The maximum Gasteiger partial charge on any atom is 0.416 e. The van der Waals surface area contributed by atoms with E-state index < -0.39 is 11.7 Å². The van der Waals surface area contributed by atoms with Crippen LogP contribution >= 0.6 is 0 Å². The van der Waals surface area contributed by atoms with Crippen molar-refractivity contribution in [1.82, 2.24) is 4.98 Å². The van der Waals surface area contributed by atoms with Crippen LogP contribution in [-0.2, 0) is 11.0 Å². The van der Waals surface area contributed by atoms with Gasteiger partial charge in [-0.2, -0.15) is 13.2 Å². The van der Waals surface area contributed by atoms with Gasteiger partial charge in [0, 0.05) is 11.9 Å². The van der Waals surface area contributed by atoms with Crippen LogP contribution in [0, 0.1) is 0 Å². The highest BCUT2D eigenvalue weighted by molar-refractivity contribution is 5.84. The van der Waals surface area contributed by atoms with Gasteiger partial charge in [-0.05, 0) is 30.3 Å². The van der Waals surface area contributed by atoms with Crippen LogP contribution in [0.15, 0.2) is 42.6 Å². The number of carbonyl (C=O) groups excluding carboxylic acids is 1. The number of halogens is 3. The second kappa shape index (κ2) is 5.09. The van der Waals surface area contributed by atoms with Crippen LogP contribution in [0.2, 0.25) is 0 Å². The highest BCUT2D eigenvalue weighted by atomic mass is 19.4. The highest BCUT2D eigenvalue weighted by Crippen LogP contribution is 2.31. The third-order valence-electron chi connectivity index (χ3n) is 2.37. The Morgan fingerprint density at radius 1 is 1.16 bits per heavy atom. The SMILES string of the molecule is O=[C]c1cccnc1Nc1cccc(C(F)(F)F)c1. The number of benzene rings is 1. The Balaban J connectivity index is 2.31. The molecule has 2 aromatic rings. The zero-order valence-electron chi connectivity index (χ0n) is 9.53. The molecule has 1 N–H and O–H groups in total. The van der Waals surface area contributed by atoms with Gasteiger partial charge in [-0.25, -0.2) is 4.98 Å². The Kier molecular flexibility index (Phi) is 3.50. The molecule has 0 unspecified atom stereocenters. The van der Waals surface area contributed by atoms with E-state index >= 15 is 0 Å². The van der Waals surface area contributed by atoms with Gasteiger partial charge in [0.2, 0.25) is 6.29 Å². The standard InChI is InChI=1S/C13H8F3N2O/c14-13(15,16)10-4-1-5-11(7-10)18-12-9(8-19)3-2-6-17-12/h1-7H,(H,17,18). The van der Waals surface area contributed by atoms with Gasteiger partial charge in [-0.3, -0.25) is 4.79 Å².